The molecule has 0 atom stereocenters. The maximum absolute atomic E-state index is 11.1. The molecule has 0 aliphatic heterocycles. The standard InChI is InChI=1S/C18H14N6O2S/c1-23-10-9-19-17(23)16(12-5-4-6-13(11-12)24(25)26)21-22-18-20-14-7-2-3-8-15(14)27-18/h2-11H,1H3,(H,20,22)/b21-16+. The lowest BCUT2D eigenvalue weighted by Crippen LogP contribution is -2.12. The first kappa shape index (κ1) is 16.9. The SMILES string of the molecule is Cn1ccnc1/C(=N/Nc1nc2ccccc2s1)c1cccc([N+](=O)[O-])c1. The van der Waals surface area contributed by atoms with Gasteiger partial charge in [0, 0.05) is 37.1 Å². The fourth-order valence-electron chi connectivity index (χ4n) is 2.63. The second kappa shape index (κ2) is 6.96. The van der Waals surface area contributed by atoms with Gasteiger partial charge in [-0.25, -0.2) is 9.97 Å². The Morgan fingerprint density at radius 2 is 2.11 bits per heavy atom. The number of para-hydroxylation sites is 1. The lowest BCUT2D eigenvalue weighted by atomic mass is 10.1. The van der Waals surface area contributed by atoms with Gasteiger partial charge in [0.25, 0.3) is 5.69 Å². The van der Waals surface area contributed by atoms with Crippen molar-refractivity contribution in [2.75, 3.05) is 5.43 Å². The number of nitrogens with zero attached hydrogens (tertiary/aromatic N) is 5. The highest BCUT2D eigenvalue weighted by molar-refractivity contribution is 7.22. The van der Waals surface area contributed by atoms with Crippen LogP contribution in [0, 0.1) is 10.1 Å². The number of hydrogen-bond acceptors (Lipinski definition) is 7. The first-order valence-corrected chi connectivity index (χ1v) is 8.85. The Labute approximate surface area is 158 Å². The fraction of sp³-hybridized carbons (Fsp3) is 0.0556. The maximum Gasteiger partial charge on any atom is 0.270 e. The summed E-state index contributed by atoms with van der Waals surface area (Å²) in [6, 6.07) is 14.1. The monoisotopic (exact) mass is 378 g/mol. The van der Waals surface area contributed by atoms with E-state index in [2.05, 4.69) is 20.5 Å². The van der Waals surface area contributed by atoms with Gasteiger partial charge in [-0.2, -0.15) is 5.10 Å². The van der Waals surface area contributed by atoms with Gasteiger partial charge in [-0.15, -0.1) is 0 Å². The van der Waals surface area contributed by atoms with Crippen LogP contribution in [-0.4, -0.2) is 25.2 Å². The molecule has 0 bridgehead atoms. The molecule has 2 aromatic heterocycles. The number of thiazole rings is 1. The molecule has 0 aliphatic rings. The number of benzene rings is 2. The number of nitro benzene ring substituents is 1. The van der Waals surface area contributed by atoms with Crippen LogP contribution in [0.1, 0.15) is 11.4 Å². The predicted octanol–water partition coefficient (Wildman–Crippen LogP) is 3.80. The molecule has 0 aliphatic carbocycles. The third-order valence-corrected chi connectivity index (χ3v) is 4.86. The average Bonchev–Trinajstić information content (AvgIpc) is 3.28. The molecule has 0 saturated carbocycles. The van der Waals surface area contributed by atoms with Gasteiger partial charge in [0.1, 0.15) is 5.71 Å². The summed E-state index contributed by atoms with van der Waals surface area (Å²) in [6.07, 6.45) is 3.44. The van der Waals surface area contributed by atoms with E-state index in [9.17, 15) is 10.1 Å². The van der Waals surface area contributed by atoms with Crippen molar-refractivity contribution in [1.82, 2.24) is 14.5 Å². The van der Waals surface area contributed by atoms with Gasteiger partial charge in [-0.05, 0) is 12.1 Å². The van der Waals surface area contributed by atoms with Crippen molar-refractivity contribution in [2.45, 2.75) is 0 Å². The van der Waals surface area contributed by atoms with E-state index >= 15 is 0 Å². The van der Waals surface area contributed by atoms with Gasteiger partial charge in [0.05, 0.1) is 15.1 Å². The Morgan fingerprint density at radius 3 is 2.85 bits per heavy atom. The number of fused-ring (bicyclic) bond motifs is 1. The van der Waals surface area contributed by atoms with Gasteiger partial charge in [0.15, 0.2) is 5.82 Å². The molecule has 4 aromatic rings. The number of nitrogens with one attached hydrogen (secondary N) is 1. The molecule has 8 nitrogen and oxygen atoms in total. The summed E-state index contributed by atoms with van der Waals surface area (Å²) in [4.78, 5) is 19.5. The number of nitro groups is 1. The summed E-state index contributed by atoms with van der Waals surface area (Å²) in [5, 5.41) is 16.2. The molecule has 0 fully saturated rings. The average molecular weight is 378 g/mol. The van der Waals surface area contributed by atoms with Crippen molar-refractivity contribution in [3.8, 4) is 0 Å². The summed E-state index contributed by atoms with van der Waals surface area (Å²) in [6.45, 7) is 0. The zero-order chi connectivity index (χ0) is 18.8. The van der Waals surface area contributed by atoms with Crippen LogP contribution in [0.5, 0.6) is 0 Å². The molecule has 0 radical (unpaired) electrons. The Hall–Kier alpha value is -3.59. The molecule has 0 saturated heterocycles. The van der Waals surface area contributed by atoms with Gasteiger partial charge in [-0.3, -0.25) is 15.5 Å². The number of imidazole rings is 1. The van der Waals surface area contributed by atoms with Gasteiger partial charge < -0.3 is 4.57 Å². The summed E-state index contributed by atoms with van der Waals surface area (Å²) < 4.78 is 2.85. The van der Waals surface area contributed by atoms with Crippen LogP contribution < -0.4 is 5.43 Å². The number of rotatable bonds is 5. The topological polar surface area (TPSA) is 98.2 Å². The van der Waals surface area contributed by atoms with Crippen molar-refractivity contribution < 1.29 is 4.92 Å². The van der Waals surface area contributed by atoms with Crippen LogP contribution >= 0.6 is 11.3 Å². The molecule has 4 rings (SSSR count). The molecule has 2 aromatic carbocycles. The van der Waals surface area contributed by atoms with Crippen LogP contribution in [0.25, 0.3) is 10.2 Å². The zero-order valence-corrected chi connectivity index (χ0v) is 15.1. The van der Waals surface area contributed by atoms with Crippen LogP contribution in [0.4, 0.5) is 10.8 Å². The summed E-state index contributed by atoms with van der Waals surface area (Å²) in [5.41, 5.74) is 4.93. The number of hydrogen-bond donors (Lipinski definition) is 1. The molecule has 27 heavy (non-hydrogen) atoms. The fourth-order valence-corrected chi connectivity index (χ4v) is 3.44. The Balaban J connectivity index is 1.76. The van der Waals surface area contributed by atoms with Crippen molar-refractivity contribution in [2.24, 2.45) is 12.1 Å². The third-order valence-electron chi connectivity index (χ3n) is 3.92. The number of non-ortho nitro benzene ring substituents is 1. The highest BCUT2D eigenvalue weighted by Gasteiger charge is 2.16. The van der Waals surface area contributed by atoms with Gasteiger partial charge >= 0.3 is 0 Å². The summed E-state index contributed by atoms with van der Waals surface area (Å²) in [5.74, 6) is 0.587. The van der Waals surface area contributed by atoms with Crippen molar-refractivity contribution in [3.63, 3.8) is 0 Å². The number of aryl methyl sites for hydroxylation is 1. The first-order valence-electron chi connectivity index (χ1n) is 8.03. The Morgan fingerprint density at radius 1 is 1.26 bits per heavy atom. The first-order chi connectivity index (χ1) is 13.1. The minimum atomic E-state index is -0.430. The van der Waals surface area contributed by atoms with E-state index in [4.69, 9.17) is 0 Å². The van der Waals surface area contributed by atoms with E-state index in [1.807, 2.05) is 31.3 Å². The molecule has 134 valence electrons. The normalized spacial score (nSPS) is 11.7. The second-order valence-electron chi connectivity index (χ2n) is 5.73. The third kappa shape index (κ3) is 3.40. The van der Waals surface area contributed by atoms with Crippen LogP contribution in [0.15, 0.2) is 66.0 Å². The van der Waals surface area contributed by atoms with E-state index in [1.54, 1.807) is 29.1 Å². The quantitative estimate of drug-likeness (QED) is 0.323. The number of anilines is 1. The lowest BCUT2D eigenvalue weighted by Gasteiger charge is -2.07. The summed E-state index contributed by atoms with van der Waals surface area (Å²) >= 11 is 1.48. The van der Waals surface area contributed by atoms with E-state index in [-0.39, 0.29) is 5.69 Å². The number of hydrazone groups is 1. The summed E-state index contributed by atoms with van der Waals surface area (Å²) in [7, 11) is 1.84. The highest BCUT2D eigenvalue weighted by Crippen LogP contribution is 2.25. The van der Waals surface area contributed by atoms with E-state index in [1.165, 1.54) is 23.5 Å². The van der Waals surface area contributed by atoms with E-state index in [0.29, 0.717) is 22.2 Å². The van der Waals surface area contributed by atoms with Crippen molar-refractivity contribution in [3.05, 3.63) is 82.4 Å². The molecule has 2 heterocycles. The maximum atomic E-state index is 11.1. The molecular weight excluding hydrogens is 364 g/mol. The molecule has 1 N–H and O–H groups in total. The highest BCUT2D eigenvalue weighted by atomic mass is 32.1. The van der Waals surface area contributed by atoms with Crippen LogP contribution in [0.2, 0.25) is 0 Å². The van der Waals surface area contributed by atoms with Crippen LogP contribution in [0.3, 0.4) is 0 Å². The molecule has 0 spiro atoms. The second-order valence-corrected chi connectivity index (χ2v) is 6.76. The van der Waals surface area contributed by atoms with Gasteiger partial charge in [0.2, 0.25) is 5.13 Å². The smallest absolute Gasteiger partial charge is 0.270 e. The molecule has 0 unspecified atom stereocenters. The Kier molecular flexibility index (Phi) is 4.35. The number of aromatic nitrogens is 3. The van der Waals surface area contributed by atoms with Crippen molar-refractivity contribution >= 4 is 38.1 Å². The molecular formula is C18H14N6O2S. The van der Waals surface area contributed by atoms with Crippen LogP contribution in [-0.2, 0) is 7.05 Å². The van der Waals surface area contributed by atoms with E-state index < -0.39 is 4.92 Å². The lowest BCUT2D eigenvalue weighted by molar-refractivity contribution is -0.384. The minimum Gasteiger partial charge on any atom is -0.333 e. The Bertz CT molecular complexity index is 1130. The van der Waals surface area contributed by atoms with E-state index in [0.717, 1.165) is 10.2 Å². The largest absolute Gasteiger partial charge is 0.333 e. The predicted molar refractivity (Wildman–Crippen MR) is 105 cm³/mol. The van der Waals surface area contributed by atoms with Gasteiger partial charge in [-0.1, -0.05) is 35.6 Å². The van der Waals surface area contributed by atoms with Crippen molar-refractivity contribution in [1.29, 1.82) is 0 Å². The molecule has 9 heteroatoms. The zero-order valence-electron chi connectivity index (χ0n) is 14.2. The minimum absolute atomic E-state index is 0.00519. The molecule has 0 amide bonds.